The molecule has 0 saturated carbocycles. The number of aliphatic carboxylic acids is 1. The van der Waals surface area contributed by atoms with E-state index in [2.05, 4.69) is 27.9 Å². The molecule has 0 fully saturated rings. The zero-order chi connectivity index (χ0) is 9.68. The molecule has 3 nitrogen and oxygen atoms in total. The number of para-hydroxylation sites is 1. The van der Waals surface area contributed by atoms with Gasteiger partial charge in [0.1, 0.15) is 0 Å². The average molecular weight is 289 g/mol. The molecular weight excluding hydrogens is 281 g/mol. The molecular formula is C9H8INO2. The maximum atomic E-state index is 10.1. The van der Waals surface area contributed by atoms with Gasteiger partial charge in [-0.05, 0) is 34.7 Å². The summed E-state index contributed by atoms with van der Waals surface area (Å²) in [6.45, 7) is 0. The molecule has 13 heavy (non-hydrogen) atoms. The molecule has 0 aromatic heterocycles. The van der Waals surface area contributed by atoms with Crippen LogP contribution in [0.4, 0.5) is 5.69 Å². The number of carbonyl (C=O) groups is 1. The van der Waals surface area contributed by atoms with Gasteiger partial charge in [-0.2, -0.15) is 0 Å². The third-order valence-corrected chi connectivity index (χ3v) is 2.28. The molecule has 0 saturated heterocycles. The molecule has 0 aliphatic carbocycles. The van der Waals surface area contributed by atoms with Crippen molar-refractivity contribution in [2.75, 3.05) is 5.32 Å². The number of benzene rings is 1. The summed E-state index contributed by atoms with van der Waals surface area (Å²) in [6, 6.07) is 7.64. The Hall–Kier alpha value is -1.04. The molecule has 0 amide bonds. The van der Waals surface area contributed by atoms with Crippen LogP contribution in [0.25, 0.3) is 0 Å². The van der Waals surface area contributed by atoms with Gasteiger partial charge < -0.3 is 10.4 Å². The number of carboxylic acids is 1. The highest BCUT2D eigenvalue weighted by Crippen LogP contribution is 2.16. The molecule has 0 aliphatic rings. The van der Waals surface area contributed by atoms with E-state index in [0.29, 0.717) is 0 Å². The lowest BCUT2D eigenvalue weighted by molar-refractivity contribution is -0.131. The molecule has 0 bridgehead atoms. The lowest BCUT2D eigenvalue weighted by atomic mass is 10.3. The van der Waals surface area contributed by atoms with Crippen LogP contribution in [0.2, 0.25) is 0 Å². The normalized spacial score (nSPS) is 10.2. The Kier molecular flexibility index (Phi) is 3.75. The fourth-order valence-electron chi connectivity index (χ4n) is 0.781. The Morgan fingerprint density at radius 3 is 2.77 bits per heavy atom. The highest BCUT2D eigenvalue weighted by atomic mass is 127. The van der Waals surface area contributed by atoms with E-state index in [1.165, 1.54) is 6.20 Å². The first-order valence-corrected chi connectivity index (χ1v) is 4.68. The van der Waals surface area contributed by atoms with Gasteiger partial charge in [0.15, 0.2) is 0 Å². The van der Waals surface area contributed by atoms with Crippen LogP contribution in [0.3, 0.4) is 0 Å². The van der Waals surface area contributed by atoms with Crippen LogP contribution >= 0.6 is 22.6 Å². The molecule has 1 aromatic carbocycles. The number of carboxylic acid groups (broad SMARTS) is 1. The van der Waals surface area contributed by atoms with Crippen LogP contribution in [0.1, 0.15) is 0 Å². The second-order valence-electron chi connectivity index (χ2n) is 2.30. The zero-order valence-corrected chi connectivity index (χ0v) is 8.86. The maximum absolute atomic E-state index is 10.1. The van der Waals surface area contributed by atoms with Gasteiger partial charge in [-0.1, -0.05) is 12.1 Å². The number of hydrogen-bond acceptors (Lipinski definition) is 2. The van der Waals surface area contributed by atoms with Crippen molar-refractivity contribution in [3.63, 3.8) is 0 Å². The Morgan fingerprint density at radius 2 is 2.15 bits per heavy atom. The van der Waals surface area contributed by atoms with Crippen molar-refractivity contribution in [1.82, 2.24) is 0 Å². The minimum absolute atomic E-state index is 0.903. The van der Waals surface area contributed by atoms with Gasteiger partial charge in [0.05, 0.1) is 5.69 Å². The van der Waals surface area contributed by atoms with E-state index in [0.717, 1.165) is 15.3 Å². The van der Waals surface area contributed by atoms with Gasteiger partial charge in [-0.3, -0.25) is 0 Å². The van der Waals surface area contributed by atoms with Crippen molar-refractivity contribution in [2.24, 2.45) is 0 Å². The van der Waals surface area contributed by atoms with Crippen LogP contribution < -0.4 is 5.32 Å². The summed E-state index contributed by atoms with van der Waals surface area (Å²) >= 11 is 2.17. The Balaban J connectivity index is 2.64. The van der Waals surface area contributed by atoms with E-state index in [1.807, 2.05) is 24.3 Å². The molecule has 0 atom stereocenters. The minimum atomic E-state index is -0.960. The molecule has 0 aliphatic heterocycles. The second kappa shape index (κ2) is 4.86. The smallest absolute Gasteiger partial charge is 0.329 e. The number of hydrogen-bond donors (Lipinski definition) is 2. The standard InChI is InChI=1S/C9H8INO2/c10-7-3-1-2-4-8(7)11-6-5-9(12)13/h1-6,11H,(H,12,13)/b6-5+. The van der Waals surface area contributed by atoms with Gasteiger partial charge in [0.2, 0.25) is 0 Å². The first-order chi connectivity index (χ1) is 6.20. The predicted octanol–water partition coefficient (Wildman–Crippen LogP) is 2.30. The maximum Gasteiger partial charge on any atom is 0.329 e. The van der Waals surface area contributed by atoms with E-state index < -0.39 is 5.97 Å². The summed E-state index contributed by atoms with van der Waals surface area (Å²) in [7, 11) is 0. The molecule has 0 radical (unpaired) electrons. The molecule has 4 heteroatoms. The number of halogens is 1. The van der Waals surface area contributed by atoms with Crippen LogP contribution in [-0.4, -0.2) is 11.1 Å². The van der Waals surface area contributed by atoms with Crippen molar-refractivity contribution in [3.8, 4) is 0 Å². The van der Waals surface area contributed by atoms with Gasteiger partial charge in [0, 0.05) is 15.8 Å². The Bertz CT molecular complexity index is 336. The minimum Gasteiger partial charge on any atom is -0.478 e. The fourth-order valence-corrected chi connectivity index (χ4v) is 1.32. The van der Waals surface area contributed by atoms with Gasteiger partial charge in [0.25, 0.3) is 0 Å². The molecule has 0 unspecified atom stereocenters. The topological polar surface area (TPSA) is 49.3 Å². The lowest BCUT2D eigenvalue weighted by Crippen LogP contribution is -1.93. The molecule has 1 aromatic rings. The van der Waals surface area contributed by atoms with Crippen molar-refractivity contribution in [1.29, 1.82) is 0 Å². The van der Waals surface area contributed by atoms with E-state index in [9.17, 15) is 4.79 Å². The average Bonchev–Trinajstić information content (AvgIpc) is 2.08. The molecule has 0 heterocycles. The van der Waals surface area contributed by atoms with Crippen molar-refractivity contribution in [3.05, 3.63) is 40.1 Å². The monoisotopic (exact) mass is 289 g/mol. The second-order valence-corrected chi connectivity index (χ2v) is 3.46. The Labute approximate surface area is 89.6 Å². The van der Waals surface area contributed by atoms with Gasteiger partial charge in [-0.25, -0.2) is 4.79 Å². The largest absolute Gasteiger partial charge is 0.478 e. The summed E-state index contributed by atoms with van der Waals surface area (Å²) in [6.07, 6.45) is 2.46. The Morgan fingerprint density at radius 1 is 1.46 bits per heavy atom. The first kappa shape index (κ1) is 10.0. The third kappa shape index (κ3) is 3.45. The summed E-state index contributed by atoms with van der Waals surface area (Å²) in [5, 5.41) is 11.2. The predicted molar refractivity (Wildman–Crippen MR) is 59.6 cm³/mol. The van der Waals surface area contributed by atoms with Crippen molar-refractivity contribution < 1.29 is 9.90 Å². The highest BCUT2D eigenvalue weighted by molar-refractivity contribution is 14.1. The highest BCUT2D eigenvalue weighted by Gasteiger charge is 1.93. The van der Waals surface area contributed by atoms with Gasteiger partial charge in [-0.15, -0.1) is 0 Å². The summed E-state index contributed by atoms with van der Waals surface area (Å²) < 4.78 is 1.05. The number of anilines is 1. The molecule has 1 rings (SSSR count). The van der Waals surface area contributed by atoms with E-state index in [4.69, 9.17) is 5.11 Å². The van der Waals surface area contributed by atoms with E-state index in [-0.39, 0.29) is 0 Å². The first-order valence-electron chi connectivity index (χ1n) is 3.60. The number of rotatable bonds is 3. The fraction of sp³-hybridized carbons (Fsp3) is 0. The van der Waals surface area contributed by atoms with Crippen molar-refractivity contribution >= 4 is 34.2 Å². The van der Waals surface area contributed by atoms with Crippen LogP contribution in [-0.2, 0) is 4.79 Å². The lowest BCUT2D eigenvalue weighted by Gasteiger charge is -2.01. The van der Waals surface area contributed by atoms with Gasteiger partial charge >= 0.3 is 5.97 Å². The summed E-state index contributed by atoms with van der Waals surface area (Å²) in [5.41, 5.74) is 0.903. The summed E-state index contributed by atoms with van der Waals surface area (Å²) in [5.74, 6) is -0.960. The molecule has 0 spiro atoms. The van der Waals surface area contributed by atoms with Crippen LogP contribution in [0.5, 0.6) is 0 Å². The van der Waals surface area contributed by atoms with Crippen LogP contribution in [0, 0.1) is 3.57 Å². The molecule has 2 N–H and O–H groups in total. The third-order valence-electron chi connectivity index (χ3n) is 1.34. The van der Waals surface area contributed by atoms with Crippen LogP contribution in [0.15, 0.2) is 36.5 Å². The number of nitrogens with one attached hydrogen (secondary N) is 1. The van der Waals surface area contributed by atoms with E-state index >= 15 is 0 Å². The zero-order valence-electron chi connectivity index (χ0n) is 6.70. The van der Waals surface area contributed by atoms with Crippen molar-refractivity contribution in [2.45, 2.75) is 0 Å². The quantitative estimate of drug-likeness (QED) is 0.663. The molecule has 68 valence electrons. The summed E-state index contributed by atoms with van der Waals surface area (Å²) in [4.78, 5) is 10.1. The SMILES string of the molecule is O=C(O)/C=C/Nc1ccccc1I. The van der Waals surface area contributed by atoms with E-state index in [1.54, 1.807) is 0 Å².